The van der Waals surface area contributed by atoms with Gasteiger partial charge in [-0.05, 0) is 55.0 Å². The number of nitrogens with two attached hydrogens (primary N) is 3. The molecule has 8 N–H and O–H groups in total. The van der Waals surface area contributed by atoms with E-state index in [1.54, 1.807) is 6.07 Å². The van der Waals surface area contributed by atoms with E-state index in [0.717, 1.165) is 19.3 Å². The third-order valence-corrected chi connectivity index (χ3v) is 8.89. The van der Waals surface area contributed by atoms with Gasteiger partial charge in [0.2, 0.25) is 25.9 Å². The molecule has 32 heavy (non-hydrogen) atoms. The van der Waals surface area contributed by atoms with Gasteiger partial charge in [0.05, 0.1) is 5.56 Å². The zero-order valence-electron chi connectivity index (χ0n) is 17.4. The Morgan fingerprint density at radius 1 is 1.22 bits per heavy atom. The molecule has 1 atom stereocenters. The molecule has 2 fully saturated rings. The van der Waals surface area contributed by atoms with E-state index in [2.05, 4.69) is 25.3 Å². The molecule has 2 heterocycles. The summed E-state index contributed by atoms with van der Waals surface area (Å²) in [6.45, 7) is 1.58. The van der Waals surface area contributed by atoms with Gasteiger partial charge in [0.1, 0.15) is 9.79 Å². The molecule has 13 nitrogen and oxygen atoms in total. The van der Waals surface area contributed by atoms with Crippen molar-refractivity contribution in [1.29, 1.82) is 0 Å². The van der Waals surface area contributed by atoms with Crippen molar-refractivity contribution in [3.63, 3.8) is 0 Å². The predicted molar refractivity (Wildman–Crippen MR) is 116 cm³/mol. The molecule has 0 radical (unpaired) electrons. The molecule has 1 saturated heterocycles. The highest BCUT2D eigenvalue weighted by atomic mass is 32.2. The number of anilines is 1. The Balaban J connectivity index is 1.84. The predicted octanol–water partition coefficient (Wildman–Crippen LogP) is -1.54. The van der Waals surface area contributed by atoms with Crippen LogP contribution in [0.15, 0.2) is 21.9 Å². The number of nitrogens with zero attached hydrogens (tertiary/aromatic N) is 4. The van der Waals surface area contributed by atoms with Crippen molar-refractivity contribution in [1.82, 2.24) is 25.3 Å². The number of tetrazole rings is 1. The Kier molecular flexibility index (Phi) is 5.98. The SMILES string of the molecule is NCCCNS(=O)(=O)c1ccc(N2CCC3(CC2)CC3N)c(-c2nn[nH]n2)c1S(N)(=O)=O. The van der Waals surface area contributed by atoms with E-state index < -0.39 is 29.8 Å². The number of hydrogen-bond donors (Lipinski definition) is 5. The maximum absolute atomic E-state index is 12.9. The molecule has 2 aliphatic rings. The summed E-state index contributed by atoms with van der Waals surface area (Å²) in [7, 11) is -8.71. The largest absolute Gasteiger partial charge is 0.371 e. The third-order valence-electron chi connectivity index (χ3n) is 6.27. The number of piperidine rings is 1. The molecule has 1 aliphatic carbocycles. The van der Waals surface area contributed by atoms with E-state index in [9.17, 15) is 16.8 Å². The van der Waals surface area contributed by atoms with E-state index in [1.165, 1.54) is 6.07 Å². The van der Waals surface area contributed by atoms with Gasteiger partial charge in [-0.2, -0.15) is 5.21 Å². The number of aromatic amines is 1. The number of H-pyrrole nitrogens is 1. The molecule has 4 rings (SSSR count). The van der Waals surface area contributed by atoms with Gasteiger partial charge in [-0.15, -0.1) is 10.2 Å². The lowest BCUT2D eigenvalue weighted by Gasteiger charge is -2.35. The molecule has 2 aromatic rings. The second-order valence-corrected chi connectivity index (χ2v) is 11.5. The summed E-state index contributed by atoms with van der Waals surface area (Å²) in [5.41, 5.74) is 12.1. The van der Waals surface area contributed by atoms with Crippen molar-refractivity contribution < 1.29 is 16.8 Å². The number of benzene rings is 1. The Labute approximate surface area is 186 Å². The van der Waals surface area contributed by atoms with Gasteiger partial charge < -0.3 is 16.4 Å². The molecule has 1 unspecified atom stereocenters. The van der Waals surface area contributed by atoms with Crippen molar-refractivity contribution in [2.45, 2.75) is 41.5 Å². The average molecular weight is 486 g/mol. The zero-order chi connectivity index (χ0) is 23.1. The maximum atomic E-state index is 12.9. The number of rotatable bonds is 8. The lowest BCUT2D eigenvalue weighted by atomic mass is 9.92. The molecular weight excluding hydrogens is 458 g/mol. The number of aromatic nitrogens is 4. The standard InChI is InChI=1S/C17H27N9O4S2/c18-6-1-7-21-32(29,30)12-3-2-11(26-8-4-17(5-9-26)10-13(17)19)14(15(12)31(20,27)28)16-22-24-25-23-16/h2-3,13,21H,1,4-10,18-19H2,(H2,20,27,28)(H,22,23,24,25). The quantitative estimate of drug-likeness (QED) is 0.271. The minimum Gasteiger partial charge on any atom is -0.371 e. The molecule has 0 amide bonds. The van der Waals surface area contributed by atoms with Crippen molar-refractivity contribution in [3.8, 4) is 11.4 Å². The van der Waals surface area contributed by atoms with Gasteiger partial charge in [-0.1, -0.05) is 0 Å². The monoisotopic (exact) mass is 485 g/mol. The first-order valence-corrected chi connectivity index (χ1v) is 13.3. The fraction of sp³-hybridized carbons (Fsp3) is 0.588. The molecular formula is C17H27N9O4S2. The van der Waals surface area contributed by atoms with E-state index in [4.69, 9.17) is 16.6 Å². The summed E-state index contributed by atoms with van der Waals surface area (Å²) in [5, 5.41) is 19.2. The van der Waals surface area contributed by atoms with Gasteiger partial charge in [0.15, 0.2) is 0 Å². The average Bonchev–Trinajstić information content (AvgIpc) is 3.13. The highest BCUT2D eigenvalue weighted by Gasteiger charge is 2.53. The van der Waals surface area contributed by atoms with Crippen molar-refractivity contribution >= 4 is 25.7 Å². The van der Waals surface area contributed by atoms with Crippen molar-refractivity contribution in [2.75, 3.05) is 31.1 Å². The van der Waals surface area contributed by atoms with E-state index in [1.807, 2.05) is 4.90 Å². The van der Waals surface area contributed by atoms with Crippen LogP contribution in [0.2, 0.25) is 0 Å². The second kappa shape index (κ2) is 8.31. The molecule has 15 heteroatoms. The molecule has 176 valence electrons. The van der Waals surface area contributed by atoms with E-state index >= 15 is 0 Å². The van der Waals surface area contributed by atoms with Crippen LogP contribution < -0.4 is 26.2 Å². The van der Waals surface area contributed by atoms with Gasteiger partial charge >= 0.3 is 0 Å². The Bertz CT molecular complexity index is 1190. The van der Waals surface area contributed by atoms with Crippen LogP contribution >= 0.6 is 0 Å². The van der Waals surface area contributed by atoms with Crippen molar-refractivity contribution in [2.24, 2.45) is 22.0 Å². The summed E-state index contributed by atoms with van der Waals surface area (Å²) >= 11 is 0. The topological polar surface area (TPSA) is 216 Å². The van der Waals surface area contributed by atoms with Gasteiger partial charge in [0.25, 0.3) is 0 Å². The van der Waals surface area contributed by atoms with Crippen LogP contribution in [-0.4, -0.2) is 69.7 Å². The highest BCUT2D eigenvalue weighted by molar-refractivity contribution is 7.92. The Morgan fingerprint density at radius 3 is 2.44 bits per heavy atom. The molecule has 1 spiro atoms. The van der Waals surface area contributed by atoms with Crippen LogP contribution in [-0.2, 0) is 20.0 Å². The first kappa shape index (κ1) is 23.0. The highest BCUT2D eigenvalue weighted by Crippen LogP contribution is 2.53. The van der Waals surface area contributed by atoms with Crippen molar-refractivity contribution in [3.05, 3.63) is 12.1 Å². The fourth-order valence-electron chi connectivity index (χ4n) is 4.33. The lowest BCUT2D eigenvalue weighted by molar-refractivity contribution is 0.371. The molecule has 1 aliphatic heterocycles. The van der Waals surface area contributed by atoms with Crippen LogP contribution in [0.1, 0.15) is 25.7 Å². The summed E-state index contributed by atoms with van der Waals surface area (Å²) in [6, 6.07) is 2.99. The normalized spacial score (nSPS) is 20.6. The maximum Gasteiger partial charge on any atom is 0.241 e. The summed E-state index contributed by atoms with van der Waals surface area (Å²) in [5.74, 6) is -0.0635. The molecule has 1 aromatic heterocycles. The van der Waals surface area contributed by atoms with Crippen LogP contribution in [0.3, 0.4) is 0 Å². The van der Waals surface area contributed by atoms with Gasteiger partial charge in [-0.25, -0.2) is 26.7 Å². The second-order valence-electron chi connectivity index (χ2n) is 8.27. The summed E-state index contributed by atoms with van der Waals surface area (Å²) in [6.07, 6.45) is 3.07. The van der Waals surface area contributed by atoms with Crippen LogP contribution in [0.5, 0.6) is 0 Å². The van der Waals surface area contributed by atoms with Gasteiger partial charge in [-0.3, -0.25) is 0 Å². The van der Waals surface area contributed by atoms with Crippen LogP contribution in [0.25, 0.3) is 11.4 Å². The zero-order valence-corrected chi connectivity index (χ0v) is 19.0. The number of sulfonamides is 2. The Morgan fingerprint density at radius 2 is 1.91 bits per heavy atom. The summed E-state index contributed by atoms with van der Waals surface area (Å²) in [4.78, 5) is 0.938. The van der Waals surface area contributed by atoms with Crippen LogP contribution in [0.4, 0.5) is 5.69 Å². The first-order chi connectivity index (χ1) is 15.1. The fourth-order valence-corrected chi connectivity index (χ4v) is 7.00. The van der Waals surface area contributed by atoms with E-state index in [0.29, 0.717) is 25.2 Å². The minimum atomic E-state index is -4.50. The summed E-state index contributed by atoms with van der Waals surface area (Å²) < 4.78 is 53.6. The smallest absolute Gasteiger partial charge is 0.241 e. The van der Waals surface area contributed by atoms with Crippen LogP contribution in [0, 0.1) is 5.41 Å². The Hall–Kier alpha value is -2.17. The third kappa shape index (κ3) is 4.23. The number of nitrogens with one attached hydrogen (secondary N) is 2. The molecule has 0 bridgehead atoms. The minimum absolute atomic E-state index is 0.000930. The number of hydrogen-bond acceptors (Lipinski definition) is 10. The molecule has 1 saturated carbocycles. The lowest BCUT2D eigenvalue weighted by Crippen LogP contribution is -2.37. The van der Waals surface area contributed by atoms with E-state index in [-0.39, 0.29) is 35.9 Å². The number of primary sulfonamides is 1. The molecule has 1 aromatic carbocycles. The first-order valence-electron chi connectivity index (χ1n) is 10.2. The van der Waals surface area contributed by atoms with Gasteiger partial charge in [0, 0.05) is 31.4 Å².